The first kappa shape index (κ1) is 16.4. The average Bonchev–Trinajstić information content (AvgIpc) is 2.20. The van der Waals surface area contributed by atoms with Crippen molar-refractivity contribution >= 4 is 11.9 Å². The van der Waals surface area contributed by atoms with Crippen LogP contribution >= 0.6 is 0 Å². The predicted molar refractivity (Wildman–Crippen MR) is 58.5 cm³/mol. The van der Waals surface area contributed by atoms with Crippen molar-refractivity contribution in [1.29, 1.82) is 0 Å². The van der Waals surface area contributed by atoms with E-state index >= 15 is 0 Å². The van der Waals surface area contributed by atoms with Gasteiger partial charge in [-0.15, -0.1) is 0 Å². The lowest BCUT2D eigenvalue weighted by atomic mass is 10.3. The Morgan fingerprint density at radius 2 is 1.33 bits per heavy atom. The second kappa shape index (κ2) is 12.9. The number of carbonyl (C=O) groups is 2. The van der Waals surface area contributed by atoms with Crippen molar-refractivity contribution in [1.82, 2.24) is 0 Å². The van der Waals surface area contributed by atoms with E-state index in [1.165, 1.54) is 0 Å². The molecule has 0 aromatic rings. The van der Waals surface area contributed by atoms with Gasteiger partial charge >= 0.3 is 11.9 Å². The van der Waals surface area contributed by atoms with Gasteiger partial charge in [-0.2, -0.15) is 0 Å². The molecule has 15 heavy (non-hydrogen) atoms. The van der Waals surface area contributed by atoms with Crippen LogP contribution in [0.25, 0.3) is 0 Å². The summed E-state index contributed by atoms with van der Waals surface area (Å²) in [4.78, 5) is 20.6. The molecule has 0 aliphatic rings. The smallest absolute Gasteiger partial charge is 0.305 e. The van der Waals surface area contributed by atoms with Crippen molar-refractivity contribution in [3.63, 3.8) is 0 Å². The van der Waals surface area contributed by atoms with Crippen LogP contribution in [0.5, 0.6) is 0 Å². The molecule has 4 nitrogen and oxygen atoms in total. The van der Waals surface area contributed by atoms with E-state index in [9.17, 15) is 9.59 Å². The number of carbonyl (C=O) groups excluding carboxylic acids is 2. The highest BCUT2D eigenvalue weighted by atomic mass is 16.5. The molecule has 0 bridgehead atoms. The summed E-state index contributed by atoms with van der Waals surface area (Å²) in [7, 11) is 0. The zero-order valence-corrected chi connectivity index (χ0v) is 10.2. The molecular weight excluding hydrogens is 196 g/mol. The lowest BCUT2D eigenvalue weighted by Gasteiger charge is -1.96. The fraction of sp³-hybridized carbons (Fsp3) is 0.818. The SMILES string of the molecule is CCCC(=O)OCC.CCOC(=O)CC. The summed E-state index contributed by atoms with van der Waals surface area (Å²) in [5, 5.41) is 0. The van der Waals surface area contributed by atoms with Gasteiger partial charge in [0.2, 0.25) is 0 Å². The summed E-state index contributed by atoms with van der Waals surface area (Å²) < 4.78 is 9.20. The molecule has 0 radical (unpaired) electrons. The predicted octanol–water partition coefficient (Wildman–Crippen LogP) is 2.31. The number of hydrogen-bond donors (Lipinski definition) is 0. The van der Waals surface area contributed by atoms with Crippen LogP contribution in [-0.4, -0.2) is 25.2 Å². The van der Waals surface area contributed by atoms with Crippen molar-refractivity contribution in [2.45, 2.75) is 47.0 Å². The molecule has 0 aliphatic carbocycles. The number of hydrogen-bond acceptors (Lipinski definition) is 4. The van der Waals surface area contributed by atoms with Gasteiger partial charge in [0, 0.05) is 12.8 Å². The Labute approximate surface area is 91.9 Å². The standard InChI is InChI=1S/C6H12O2.C5H10O2/c1-3-5-6(7)8-4-2;1-3-5(6)7-4-2/h3-5H2,1-2H3;3-4H2,1-2H3. The normalized spacial score (nSPS) is 8.53. The topological polar surface area (TPSA) is 52.6 Å². The summed E-state index contributed by atoms with van der Waals surface area (Å²) >= 11 is 0. The Hall–Kier alpha value is -1.06. The van der Waals surface area contributed by atoms with Crippen molar-refractivity contribution in [2.75, 3.05) is 13.2 Å². The summed E-state index contributed by atoms with van der Waals surface area (Å²) in [6.07, 6.45) is 1.90. The fourth-order valence-electron chi connectivity index (χ4n) is 0.700. The molecule has 0 amide bonds. The van der Waals surface area contributed by atoms with Gasteiger partial charge < -0.3 is 9.47 Å². The first-order valence-electron chi connectivity index (χ1n) is 5.43. The molecule has 0 rings (SSSR count). The highest BCUT2D eigenvalue weighted by Crippen LogP contribution is 1.89. The molecule has 0 atom stereocenters. The van der Waals surface area contributed by atoms with E-state index in [0.29, 0.717) is 26.1 Å². The number of esters is 2. The van der Waals surface area contributed by atoms with E-state index in [2.05, 4.69) is 9.47 Å². The minimum absolute atomic E-state index is 0.0880. The van der Waals surface area contributed by atoms with Crippen LogP contribution in [0.3, 0.4) is 0 Å². The van der Waals surface area contributed by atoms with Gasteiger partial charge in [0.1, 0.15) is 0 Å². The summed E-state index contributed by atoms with van der Waals surface area (Å²) in [5.74, 6) is -0.211. The maximum absolute atomic E-state index is 10.4. The first-order valence-corrected chi connectivity index (χ1v) is 5.43. The summed E-state index contributed by atoms with van der Waals surface area (Å²) in [5.41, 5.74) is 0. The number of rotatable bonds is 5. The molecule has 0 fully saturated rings. The van der Waals surface area contributed by atoms with Crippen LogP contribution in [0.2, 0.25) is 0 Å². The van der Waals surface area contributed by atoms with Crippen LogP contribution in [0.1, 0.15) is 47.0 Å². The molecular formula is C11H22O4. The van der Waals surface area contributed by atoms with E-state index in [4.69, 9.17) is 0 Å². The monoisotopic (exact) mass is 218 g/mol. The van der Waals surface area contributed by atoms with E-state index in [1.807, 2.05) is 13.8 Å². The third-order valence-corrected chi connectivity index (χ3v) is 1.35. The van der Waals surface area contributed by atoms with Gasteiger partial charge in [0.15, 0.2) is 0 Å². The van der Waals surface area contributed by atoms with Gasteiger partial charge in [-0.3, -0.25) is 9.59 Å². The highest BCUT2D eigenvalue weighted by Gasteiger charge is 1.95. The Balaban J connectivity index is 0. The second-order valence-electron chi connectivity index (χ2n) is 2.71. The fourth-order valence-corrected chi connectivity index (χ4v) is 0.700. The molecule has 90 valence electrons. The molecule has 0 heterocycles. The third-order valence-electron chi connectivity index (χ3n) is 1.35. The molecule has 0 saturated carbocycles. The average molecular weight is 218 g/mol. The molecule has 0 aromatic heterocycles. The minimum atomic E-state index is -0.123. The van der Waals surface area contributed by atoms with E-state index in [-0.39, 0.29) is 11.9 Å². The second-order valence-corrected chi connectivity index (χ2v) is 2.71. The van der Waals surface area contributed by atoms with Gasteiger partial charge in [0.25, 0.3) is 0 Å². The largest absolute Gasteiger partial charge is 0.466 e. The summed E-state index contributed by atoms with van der Waals surface area (Å²) in [6.45, 7) is 8.33. The molecule has 0 N–H and O–H groups in total. The molecule has 0 saturated heterocycles. The highest BCUT2D eigenvalue weighted by molar-refractivity contribution is 5.69. The Morgan fingerprint density at radius 1 is 0.867 bits per heavy atom. The van der Waals surface area contributed by atoms with Gasteiger partial charge in [0.05, 0.1) is 13.2 Å². The maximum Gasteiger partial charge on any atom is 0.305 e. The Bertz CT molecular complexity index is 158. The van der Waals surface area contributed by atoms with E-state index < -0.39 is 0 Å². The molecule has 4 heteroatoms. The van der Waals surface area contributed by atoms with Crippen molar-refractivity contribution < 1.29 is 19.1 Å². The van der Waals surface area contributed by atoms with Crippen LogP contribution in [-0.2, 0) is 19.1 Å². The van der Waals surface area contributed by atoms with Crippen LogP contribution in [0, 0.1) is 0 Å². The zero-order chi connectivity index (χ0) is 12.1. The Morgan fingerprint density at radius 3 is 1.60 bits per heavy atom. The number of ether oxygens (including phenoxy) is 2. The van der Waals surface area contributed by atoms with Gasteiger partial charge in [-0.25, -0.2) is 0 Å². The Kier molecular flexibility index (Phi) is 14.1. The maximum atomic E-state index is 10.4. The minimum Gasteiger partial charge on any atom is -0.466 e. The molecule has 0 spiro atoms. The van der Waals surface area contributed by atoms with Crippen molar-refractivity contribution in [2.24, 2.45) is 0 Å². The quantitative estimate of drug-likeness (QED) is 0.664. The van der Waals surface area contributed by atoms with Gasteiger partial charge in [-0.05, 0) is 20.3 Å². The lowest BCUT2D eigenvalue weighted by molar-refractivity contribution is -0.143. The zero-order valence-electron chi connectivity index (χ0n) is 10.2. The van der Waals surface area contributed by atoms with E-state index in [1.54, 1.807) is 13.8 Å². The van der Waals surface area contributed by atoms with Crippen molar-refractivity contribution in [3.8, 4) is 0 Å². The summed E-state index contributed by atoms with van der Waals surface area (Å²) in [6, 6.07) is 0. The molecule has 0 unspecified atom stereocenters. The lowest BCUT2D eigenvalue weighted by Crippen LogP contribution is -2.01. The molecule has 0 aromatic carbocycles. The van der Waals surface area contributed by atoms with Gasteiger partial charge in [-0.1, -0.05) is 13.8 Å². The van der Waals surface area contributed by atoms with Crippen LogP contribution in [0.15, 0.2) is 0 Å². The van der Waals surface area contributed by atoms with E-state index in [0.717, 1.165) is 6.42 Å². The van der Waals surface area contributed by atoms with Crippen LogP contribution in [0.4, 0.5) is 0 Å². The molecule has 0 aliphatic heterocycles. The van der Waals surface area contributed by atoms with Crippen LogP contribution < -0.4 is 0 Å². The third kappa shape index (κ3) is 15.7. The first-order chi connectivity index (χ1) is 7.12. The van der Waals surface area contributed by atoms with Crippen molar-refractivity contribution in [3.05, 3.63) is 0 Å².